The molecule has 0 aromatic heterocycles. The Balaban J connectivity index is 1.97. The van der Waals surface area contributed by atoms with Gasteiger partial charge in [0.2, 0.25) is 10.0 Å². The number of fused-ring (bicyclic) bond motifs is 1. The first-order valence-electron chi connectivity index (χ1n) is 7.27. The fourth-order valence-electron chi connectivity index (χ4n) is 3.31. The summed E-state index contributed by atoms with van der Waals surface area (Å²) in [5.41, 5.74) is -1.21. The SMILES string of the molecule is O=S(=O)(c1ccc(Cl)cc1C(F)(F)F)N1CCC2CNCC2C1. The van der Waals surface area contributed by atoms with Gasteiger partial charge in [-0.25, -0.2) is 8.42 Å². The molecule has 128 valence electrons. The topological polar surface area (TPSA) is 49.4 Å². The van der Waals surface area contributed by atoms with Crippen molar-refractivity contribution >= 4 is 21.6 Å². The molecule has 0 aliphatic carbocycles. The highest BCUT2D eigenvalue weighted by Gasteiger charge is 2.42. The molecule has 2 atom stereocenters. The van der Waals surface area contributed by atoms with Crippen molar-refractivity contribution in [3.8, 4) is 0 Å². The van der Waals surface area contributed by atoms with Crippen LogP contribution in [0.15, 0.2) is 23.1 Å². The van der Waals surface area contributed by atoms with Crippen molar-refractivity contribution in [2.45, 2.75) is 17.5 Å². The number of halogens is 4. The van der Waals surface area contributed by atoms with Crippen LogP contribution in [-0.4, -0.2) is 38.9 Å². The van der Waals surface area contributed by atoms with Crippen LogP contribution in [0.5, 0.6) is 0 Å². The highest BCUT2D eigenvalue weighted by Crippen LogP contribution is 2.38. The number of hydrogen-bond acceptors (Lipinski definition) is 3. The fraction of sp³-hybridized carbons (Fsp3) is 0.571. The average Bonchev–Trinajstić information content (AvgIpc) is 2.93. The Kier molecular flexibility index (Phi) is 4.37. The van der Waals surface area contributed by atoms with Crippen molar-refractivity contribution < 1.29 is 21.6 Å². The van der Waals surface area contributed by atoms with Crippen molar-refractivity contribution in [3.63, 3.8) is 0 Å². The molecule has 9 heteroatoms. The Morgan fingerprint density at radius 2 is 1.91 bits per heavy atom. The number of benzene rings is 1. The third kappa shape index (κ3) is 3.22. The Labute approximate surface area is 137 Å². The molecule has 2 fully saturated rings. The van der Waals surface area contributed by atoms with Crippen LogP contribution in [-0.2, 0) is 16.2 Å². The van der Waals surface area contributed by atoms with Gasteiger partial charge in [0.05, 0.1) is 10.5 Å². The summed E-state index contributed by atoms with van der Waals surface area (Å²) in [6.07, 6.45) is -4.12. The molecular formula is C14H16ClF3N2O2S. The van der Waals surface area contributed by atoms with E-state index in [4.69, 9.17) is 11.6 Å². The van der Waals surface area contributed by atoms with E-state index in [9.17, 15) is 21.6 Å². The van der Waals surface area contributed by atoms with E-state index in [0.29, 0.717) is 24.9 Å². The molecule has 0 saturated carbocycles. The Bertz CT molecular complexity index is 708. The minimum atomic E-state index is -4.78. The van der Waals surface area contributed by atoms with Gasteiger partial charge in [0.1, 0.15) is 0 Å². The maximum absolute atomic E-state index is 13.2. The van der Waals surface area contributed by atoms with Crippen LogP contribution in [0.4, 0.5) is 13.2 Å². The third-order valence-electron chi connectivity index (χ3n) is 4.53. The summed E-state index contributed by atoms with van der Waals surface area (Å²) in [4.78, 5) is -0.723. The van der Waals surface area contributed by atoms with Gasteiger partial charge in [-0.15, -0.1) is 0 Å². The summed E-state index contributed by atoms with van der Waals surface area (Å²) < 4.78 is 66.2. The highest BCUT2D eigenvalue weighted by atomic mass is 35.5. The number of nitrogens with one attached hydrogen (secondary N) is 1. The van der Waals surface area contributed by atoms with Gasteiger partial charge in [0.25, 0.3) is 0 Å². The van der Waals surface area contributed by atoms with Gasteiger partial charge in [0, 0.05) is 18.1 Å². The van der Waals surface area contributed by atoms with E-state index < -0.39 is 26.7 Å². The van der Waals surface area contributed by atoms with Crippen LogP contribution in [0.1, 0.15) is 12.0 Å². The molecule has 1 aromatic rings. The Morgan fingerprint density at radius 3 is 2.61 bits per heavy atom. The summed E-state index contributed by atoms with van der Waals surface area (Å²) in [6, 6.07) is 2.78. The highest BCUT2D eigenvalue weighted by molar-refractivity contribution is 7.89. The van der Waals surface area contributed by atoms with Crippen molar-refractivity contribution in [2.24, 2.45) is 11.8 Å². The smallest absolute Gasteiger partial charge is 0.316 e. The van der Waals surface area contributed by atoms with Crippen molar-refractivity contribution in [1.82, 2.24) is 9.62 Å². The quantitative estimate of drug-likeness (QED) is 0.873. The third-order valence-corrected chi connectivity index (χ3v) is 6.69. The predicted molar refractivity (Wildman–Crippen MR) is 79.7 cm³/mol. The Morgan fingerprint density at radius 1 is 1.22 bits per heavy atom. The molecule has 2 aliphatic heterocycles. The molecule has 1 N–H and O–H groups in total. The lowest BCUT2D eigenvalue weighted by atomic mass is 9.90. The molecule has 3 rings (SSSR count). The van der Waals surface area contributed by atoms with Crippen molar-refractivity contribution in [1.29, 1.82) is 0 Å². The molecule has 4 nitrogen and oxygen atoms in total. The molecular weight excluding hydrogens is 353 g/mol. The van der Waals surface area contributed by atoms with Crippen molar-refractivity contribution in [3.05, 3.63) is 28.8 Å². The van der Waals surface area contributed by atoms with Gasteiger partial charge in [-0.3, -0.25) is 0 Å². The van der Waals surface area contributed by atoms with Crippen LogP contribution in [0.2, 0.25) is 5.02 Å². The van der Waals surface area contributed by atoms with Crippen LogP contribution < -0.4 is 5.32 Å². The second-order valence-corrected chi connectivity index (χ2v) is 8.31. The number of sulfonamides is 1. The summed E-state index contributed by atoms with van der Waals surface area (Å²) in [7, 11) is -4.20. The van der Waals surface area contributed by atoms with Crippen LogP contribution in [0, 0.1) is 11.8 Å². The van der Waals surface area contributed by atoms with Gasteiger partial charge in [-0.05, 0) is 49.5 Å². The Hall–Kier alpha value is -0.830. The summed E-state index contributed by atoms with van der Waals surface area (Å²) in [5, 5.41) is 3.06. The molecule has 0 amide bonds. The zero-order valence-electron chi connectivity index (χ0n) is 12.1. The van der Waals surface area contributed by atoms with Gasteiger partial charge in [-0.2, -0.15) is 17.5 Å². The maximum Gasteiger partial charge on any atom is 0.417 e. The summed E-state index contributed by atoms with van der Waals surface area (Å²) in [6.45, 7) is 2.03. The number of alkyl halides is 3. The maximum atomic E-state index is 13.2. The van der Waals surface area contributed by atoms with E-state index in [-0.39, 0.29) is 24.0 Å². The number of nitrogens with zero attached hydrogens (tertiary/aromatic N) is 1. The van der Waals surface area contributed by atoms with E-state index in [1.165, 1.54) is 10.4 Å². The van der Waals surface area contributed by atoms with Gasteiger partial charge >= 0.3 is 6.18 Å². The number of hydrogen-bond donors (Lipinski definition) is 1. The number of rotatable bonds is 2. The molecule has 2 heterocycles. The lowest BCUT2D eigenvalue weighted by molar-refractivity contribution is -0.139. The van der Waals surface area contributed by atoms with Crippen molar-refractivity contribution in [2.75, 3.05) is 26.2 Å². The zero-order valence-corrected chi connectivity index (χ0v) is 13.7. The molecule has 0 radical (unpaired) electrons. The first-order valence-corrected chi connectivity index (χ1v) is 9.09. The minimum absolute atomic E-state index is 0.144. The first kappa shape index (κ1) is 17.0. The standard InChI is InChI=1S/C14H16ClF3N2O2S/c15-11-1-2-13(12(5-11)14(16,17)18)23(21,22)20-4-3-9-6-19-7-10(9)8-20/h1-2,5,9-10,19H,3-4,6-8H2. The van der Waals surface area contributed by atoms with Crippen LogP contribution in [0.25, 0.3) is 0 Å². The minimum Gasteiger partial charge on any atom is -0.316 e. The fourth-order valence-corrected chi connectivity index (χ4v) is 5.18. The van der Waals surface area contributed by atoms with E-state index in [2.05, 4.69) is 5.32 Å². The molecule has 0 spiro atoms. The first-order chi connectivity index (χ1) is 10.7. The monoisotopic (exact) mass is 368 g/mol. The zero-order chi connectivity index (χ0) is 16.8. The molecule has 2 saturated heterocycles. The van der Waals surface area contributed by atoms with Gasteiger partial charge < -0.3 is 5.32 Å². The summed E-state index contributed by atoms with van der Waals surface area (Å²) >= 11 is 5.62. The molecule has 2 unspecified atom stereocenters. The van der Waals surface area contributed by atoms with E-state index in [1.54, 1.807) is 0 Å². The van der Waals surface area contributed by atoms with E-state index in [0.717, 1.165) is 12.6 Å². The molecule has 0 bridgehead atoms. The van der Waals surface area contributed by atoms with Crippen LogP contribution >= 0.6 is 11.6 Å². The number of piperidine rings is 1. The molecule has 2 aliphatic rings. The lowest BCUT2D eigenvalue weighted by Crippen LogP contribution is -2.43. The second-order valence-electron chi connectivity index (χ2n) is 5.97. The largest absolute Gasteiger partial charge is 0.417 e. The van der Waals surface area contributed by atoms with Gasteiger partial charge in [0.15, 0.2) is 0 Å². The molecule has 23 heavy (non-hydrogen) atoms. The summed E-state index contributed by atoms with van der Waals surface area (Å²) in [5.74, 6) is 0.550. The lowest BCUT2D eigenvalue weighted by Gasteiger charge is -2.34. The molecule has 1 aromatic carbocycles. The van der Waals surface area contributed by atoms with E-state index >= 15 is 0 Å². The van der Waals surface area contributed by atoms with E-state index in [1.807, 2.05) is 0 Å². The predicted octanol–water partition coefficient (Wildman–Crippen LogP) is 2.59. The van der Waals surface area contributed by atoms with Crippen LogP contribution in [0.3, 0.4) is 0 Å². The normalized spacial score (nSPS) is 26.3. The second kappa shape index (κ2) is 5.91. The van der Waals surface area contributed by atoms with Gasteiger partial charge in [-0.1, -0.05) is 11.6 Å². The average molecular weight is 369 g/mol.